The van der Waals surface area contributed by atoms with Crippen molar-refractivity contribution >= 4 is 12.0 Å². The molecular formula is C12H22N2O3. The number of carbonyl (C=O) groups is 2. The van der Waals surface area contributed by atoms with Crippen LogP contribution in [0.15, 0.2) is 0 Å². The summed E-state index contributed by atoms with van der Waals surface area (Å²) in [6.07, 6.45) is 6.07. The Balaban J connectivity index is 2.03. The predicted molar refractivity (Wildman–Crippen MR) is 64.8 cm³/mol. The Labute approximate surface area is 102 Å². The molecule has 1 saturated carbocycles. The summed E-state index contributed by atoms with van der Waals surface area (Å²) in [4.78, 5) is 21.4. The molecular weight excluding hydrogens is 220 g/mol. The molecule has 0 aliphatic heterocycles. The standard InChI is InChI=1S/C12H22N2O3/c1-9-2-4-10(5-3-9)6-7-13-12(17)14-8-11(15)16/h9-10H,2-8H2,1H3,(H,15,16)(H2,13,14,17). The fraction of sp³-hybridized carbons (Fsp3) is 0.833. The zero-order chi connectivity index (χ0) is 12.7. The van der Waals surface area contributed by atoms with E-state index in [0.717, 1.165) is 12.3 Å². The van der Waals surface area contributed by atoms with Crippen LogP contribution in [-0.2, 0) is 4.79 Å². The van der Waals surface area contributed by atoms with Crippen LogP contribution in [0.5, 0.6) is 0 Å². The SMILES string of the molecule is CC1CCC(CCNC(=O)NCC(=O)O)CC1. The van der Waals surface area contributed by atoms with Crippen LogP contribution in [-0.4, -0.2) is 30.2 Å². The van der Waals surface area contributed by atoms with Gasteiger partial charge in [0.05, 0.1) is 0 Å². The maximum atomic E-state index is 11.2. The van der Waals surface area contributed by atoms with Crippen molar-refractivity contribution in [2.75, 3.05) is 13.1 Å². The van der Waals surface area contributed by atoms with E-state index < -0.39 is 12.0 Å². The summed E-state index contributed by atoms with van der Waals surface area (Å²) in [6, 6.07) is -0.392. The van der Waals surface area contributed by atoms with E-state index in [9.17, 15) is 9.59 Å². The fourth-order valence-electron chi connectivity index (χ4n) is 2.23. The van der Waals surface area contributed by atoms with Gasteiger partial charge in [-0.05, 0) is 18.3 Å². The molecule has 1 fully saturated rings. The van der Waals surface area contributed by atoms with Gasteiger partial charge < -0.3 is 15.7 Å². The number of nitrogens with one attached hydrogen (secondary N) is 2. The van der Waals surface area contributed by atoms with Crippen molar-refractivity contribution in [1.82, 2.24) is 10.6 Å². The van der Waals surface area contributed by atoms with Crippen LogP contribution >= 0.6 is 0 Å². The lowest BCUT2D eigenvalue weighted by Crippen LogP contribution is -2.39. The molecule has 0 spiro atoms. The largest absolute Gasteiger partial charge is 0.480 e. The molecule has 3 N–H and O–H groups in total. The molecule has 1 rings (SSSR count). The van der Waals surface area contributed by atoms with E-state index >= 15 is 0 Å². The summed E-state index contributed by atoms with van der Waals surface area (Å²) in [5, 5.41) is 13.3. The number of amides is 2. The van der Waals surface area contributed by atoms with Crippen molar-refractivity contribution in [1.29, 1.82) is 0 Å². The van der Waals surface area contributed by atoms with E-state index in [1.54, 1.807) is 0 Å². The highest BCUT2D eigenvalue weighted by atomic mass is 16.4. The van der Waals surface area contributed by atoms with E-state index in [0.29, 0.717) is 12.5 Å². The maximum Gasteiger partial charge on any atom is 0.323 e. The van der Waals surface area contributed by atoms with Crippen molar-refractivity contribution in [3.8, 4) is 0 Å². The molecule has 5 nitrogen and oxygen atoms in total. The van der Waals surface area contributed by atoms with Crippen LogP contribution in [0.25, 0.3) is 0 Å². The molecule has 0 aromatic rings. The summed E-state index contributed by atoms with van der Waals surface area (Å²) >= 11 is 0. The van der Waals surface area contributed by atoms with Crippen molar-refractivity contribution in [2.45, 2.75) is 39.0 Å². The average molecular weight is 242 g/mol. The second-order valence-electron chi connectivity index (χ2n) is 4.92. The first-order valence-electron chi connectivity index (χ1n) is 6.31. The van der Waals surface area contributed by atoms with E-state index in [1.807, 2.05) is 0 Å². The maximum absolute atomic E-state index is 11.2. The first-order chi connectivity index (χ1) is 8.08. The Morgan fingerprint density at radius 2 is 1.82 bits per heavy atom. The fourth-order valence-corrected chi connectivity index (χ4v) is 2.23. The van der Waals surface area contributed by atoms with Crippen LogP contribution in [0.1, 0.15) is 39.0 Å². The lowest BCUT2D eigenvalue weighted by atomic mass is 9.81. The summed E-state index contributed by atoms with van der Waals surface area (Å²) in [7, 11) is 0. The van der Waals surface area contributed by atoms with Crippen molar-refractivity contribution < 1.29 is 14.7 Å². The molecule has 98 valence electrons. The zero-order valence-corrected chi connectivity index (χ0v) is 10.4. The molecule has 17 heavy (non-hydrogen) atoms. The number of aliphatic carboxylic acids is 1. The average Bonchev–Trinajstić information content (AvgIpc) is 2.29. The van der Waals surface area contributed by atoms with Gasteiger partial charge in [-0.3, -0.25) is 4.79 Å². The summed E-state index contributed by atoms with van der Waals surface area (Å²) in [5.74, 6) is 0.533. The van der Waals surface area contributed by atoms with Gasteiger partial charge in [0.15, 0.2) is 0 Å². The number of carboxylic acids is 1. The number of hydrogen-bond acceptors (Lipinski definition) is 2. The quantitative estimate of drug-likeness (QED) is 0.685. The molecule has 0 aromatic heterocycles. The molecule has 0 heterocycles. The highest BCUT2D eigenvalue weighted by molar-refractivity contribution is 5.79. The predicted octanol–water partition coefficient (Wildman–Crippen LogP) is 1.59. The third-order valence-electron chi connectivity index (χ3n) is 3.37. The number of carbonyl (C=O) groups excluding carboxylic acids is 1. The molecule has 0 aromatic carbocycles. The number of urea groups is 1. The van der Waals surface area contributed by atoms with Gasteiger partial charge in [-0.1, -0.05) is 32.6 Å². The van der Waals surface area contributed by atoms with Gasteiger partial charge in [0, 0.05) is 6.54 Å². The van der Waals surface area contributed by atoms with Gasteiger partial charge in [-0.2, -0.15) is 0 Å². The minimum Gasteiger partial charge on any atom is -0.480 e. The van der Waals surface area contributed by atoms with Gasteiger partial charge in [-0.25, -0.2) is 4.79 Å². The highest BCUT2D eigenvalue weighted by Gasteiger charge is 2.17. The van der Waals surface area contributed by atoms with E-state index in [2.05, 4.69) is 17.6 Å². The number of rotatable bonds is 5. The lowest BCUT2D eigenvalue weighted by molar-refractivity contribution is -0.135. The third-order valence-corrected chi connectivity index (χ3v) is 3.37. The Kier molecular flexibility index (Phi) is 5.80. The van der Waals surface area contributed by atoms with Crippen LogP contribution < -0.4 is 10.6 Å². The molecule has 0 saturated heterocycles. The molecule has 0 atom stereocenters. The summed E-state index contributed by atoms with van der Waals surface area (Å²) in [6.45, 7) is 2.59. The van der Waals surface area contributed by atoms with Gasteiger partial charge in [0.25, 0.3) is 0 Å². The smallest absolute Gasteiger partial charge is 0.323 e. The van der Waals surface area contributed by atoms with E-state index in [-0.39, 0.29) is 6.54 Å². The Morgan fingerprint density at radius 3 is 2.41 bits per heavy atom. The van der Waals surface area contributed by atoms with Crippen LogP contribution in [0, 0.1) is 11.8 Å². The Hall–Kier alpha value is -1.26. The Bertz CT molecular complexity index is 260. The van der Waals surface area contributed by atoms with Crippen molar-refractivity contribution in [3.63, 3.8) is 0 Å². The summed E-state index contributed by atoms with van der Waals surface area (Å²) < 4.78 is 0. The number of carboxylic acid groups (broad SMARTS) is 1. The van der Waals surface area contributed by atoms with Crippen LogP contribution in [0.3, 0.4) is 0 Å². The first-order valence-corrected chi connectivity index (χ1v) is 6.31. The molecule has 2 amide bonds. The lowest BCUT2D eigenvalue weighted by Gasteiger charge is -2.26. The molecule has 0 unspecified atom stereocenters. The minimum absolute atomic E-state index is 0.327. The molecule has 0 bridgehead atoms. The van der Waals surface area contributed by atoms with Gasteiger partial charge in [0.1, 0.15) is 6.54 Å². The second-order valence-corrected chi connectivity index (χ2v) is 4.92. The molecule has 5 heteroatoms. The van der Waals surface area contributed by atoms with Gasteiger partial charge in [0.2, 0.25) is 0 Å². The second kappa shape index (κ2) is 7.14. The highest BCUT2D eigenvalue weighted by Crippen LogP contribution is 2.29. The normalized spacial score (nSPS) is 24.1. The van der Waals surface area contributed by atoms with Crippen LogP contribution in [0.4, 0.5) is 4.79 Å². The van der Waals surface area contributed by atoms with E-state index in [1.165, 1.54) is 25.7 Å². The minimum atomic E-state index is -1.03. The van der Waals surface area contributed by atoms with Gasteiger partial charge in [-0.15, -0.1) is 0 Å². The zero-order valence-electron chi connectivity index (χ0n) is 10.4. The Morgan fingerprint density at radius 1 is 1.18 bits per heavy atom. The topological polar surface area (TPSA) is 78.4 Å². The van der Waals surface area contributed by atoms with Crippen molar-refractivity contribution in [3.05, 3.63) is 0 Å². The monoisotopic (exact) mass is 242 g/mol. The van der Waals surface area contributed by atoms with Gasteiger partial charge >= 0.3 is 12.0 Å². The summed E-state index contributed by atoms with van der Waals surface area (Å²) in [5.41, 5.74) is 0. The number of hydrogen-bond donors (Lipinski definition) is 3. The van der Waals surface area contributed by atoms with Crippen molar-refractivity contribution in [2.24, 2.45) is 11.8 Å². The molecule has 0 radical (unpaired) electrons. The first kappa shape index (κ1) is 13.8. The molecule has 1 aliphatic rings. The molecule has 1 aliphatic carbocycles. The third kappa shape index (κ3) is 6.14. The van der Waals surface area contributed by atoms with E-state index in [4.69, 9.17) is 5.11 Å². The van der Waals surface area contributed by atoms with Crippen LogP contribution in [0.2, 0.25) is 0 Å².